The van der Waals surface area contributed by atoms with E-state index in [1.165, 1.54) is 16.8 Å². The van der Waals surface area contributed by atoms with Gasteiger partial charge in [0.1, 0.15) is 5.69 Å². The molecule has 0 radical (unpaired) electrons. The Morgan fingerprint density at radius 2 is 2.00 bits per heavy atom. The molecule has 3 heterocycles. The third-order valence-electron chi connectivity index (χ3n) is 4.36. The Morgan fingerprint density at radius 3 is 2.50 bits per heavy atom. The number of hydrogen-bond donors (Lipinski definition) is 1. The number of nitrogens with zero attached hydrogens (tertiary/aromatic N) is 3. The third kappa shape index (κ3) is 1.98. The fourth-order valence-electron chi connectivity index (χ4n) is 3.47. The summed E-state index contributed by atoms with van der Waals surface area (Å²) in [7, 11) is 1.64. The summed E-state index contributed by atoms with van der Waals surface area (Å²) in [5.41, 5.74) is 0.269. The van der Waals surface area contributed by atoms with Crippen molar-refractivity contribution >= 4 is 11.6 Å². The quantitative estimate of drug-likeness (QED) is 0.647. The van der Waals surface area contributed by atoms with Crippen LogP contribution in [0.5, 0.6) is 0 Å². The van der Waals surface area contributed by atoms with Gasteiger partial charge in [-0.25, -0.2) is 0 Å². The Bertz CT molecular complexity index is 554. The second-order valence-electron chi connectivity index (χ2n) is 5.67. The van der Waals surface area contributed by atoms with E-state index in [0.717, 1.165) is 12.8 Å². The molecule has 0 spiro atoms. The van der Waals surface area contributed by atoms with Crippen LogP contribution in [0.25, 0.3) is 0 Å². The van der Waals surface area contributed by atoms with E-state index in [0.29, 0.717) is 18.5 Å². The van der Waals surface area contributed by atoms with Gasteiger partial charge in [-0.05, 0) is 25.7 Å². The average Bonchev–Trinajstić information content (AvgIpc) is 2.88. The van der Waals surface area contributed by atoms with Crippen molar-refractivity contribution in [1.82, 2.24) is 9.47 Å². The van der Waals surface area contributed by atoms with Crippen LogP contribution < -0.4 is 0 Å². The first-order chi connectivity index (χ1) is 9.47. The van der Waals surface area contributed by atoms with Crippen molar-refractivity contribution in [2.75, 3.05) is 0 Å². The van der Waals surface area contributed by atoms with E-state index in [1.54, 1.807) is 7.05 Å². The second kappa shape index (κ2) is 4.59. The van der Waals surface area contributed by atoms with Crippen LogP contribution in [0, 0.1) is 10.1 Å². The number of aliphatic hydroxyl groups is 1. The number of aliphatic hydroxyl groups excluding tert-OH is 1. The largest absolute Gasteiger partial charge is 0.393 e. The molecule has 20 heavy (non-hydrogen) atoms. The molecule has 7 heteroatoms. The summed E-state index contributed by atoms with van der Waals surface area (Å²) >= 11 is 0. The van der Waals surface area contributed by atoms with E-state index >= 15 is 0 Å². The van der Waals surface area contributed by atoms with Crippen molar-refractivity contribution in [3.8, 4) is 0 Å². The van der Waals surface area contributed by atoms with Crippen LogP contribution in [0.4, 0.5) is 5.69 Å². The summed E-state index contributed by atoms with van der Waals surface area (Å²) in [6.45, 7) is 0. The van der Waals surface area contributed by atoms with Crippen LogP contribution in [-0.4, -0.2) is 43.6 Å². The molecule has 1 aromatic rings. The molecule has 0 aromatic carbocycles. The summed E-state index contributed by atoms with van der Waals surface area (Å²) in [6, 6.07) is 1.45. The van der Waals surface area contributed by atoms with E-state index < -0.39 is 4.92 Å². The number of carbonyl (C=O) groups excluding carboxylic acids is 1. The van der Waals surface area contributed by atoms with Gasteiger partial charge in [0.15, 0.2) is 0 Å². The fraction of sp³-hybridized carbons (Fsp3) is 0.615. The molecule has 2 aliphatic heterocycles. The number of hydrogen-bond acceptors (Lipinski definition) is 4. The lowest BCUT2D eigenvalue weighted by atomic mass is 9.99. The number of piperidine rings is 1. The minimum absolute atomic E-state index is 0.0604. The van der Waals surface area contributed by atoms with Crippen LogP contribution in [0.2, 0.25) is 0 Å². The molecule has 2 atom stereocenters. The Labute approximate surface area is 115 Å². The molecule has 1 amide bonds. The molecule has 108 valence electrons. The van der Waals surface area contributed by atoms with Gasteiger partial charge in [-0.2, -0.15) is 0 Å². The normalized spacial score (nSPS) is 28.7. The molecule has 0 aliphatic carbocycles. The van der Waals surface area contributed by atoms with Crippen molar-refractivity contribution in [3.63, 3.8) is 0 Å². The van der Waals surface area contributed by atoms with Crippen LogP contribution in [0.15, 0.2) is 12.3 Å². The first-order valence-electron chi connectivity index (χ1n) is 6.79. The Balaban J connectivity index is 1.88. The van der Waals surface area contributed by atoms with Crippen molar-refractivity contribution in [1.29, 1.82) is 0 Å². The number of rotatable bonds is 2. The molecule has 2 unspecified atom stereocenters. The number of fused-ring (bicyclic) bond motifs is 2. The zero-order valence-electron chi connectivity index (χ0n) is 11.2. The zero-order chi connectivity index (χ0) is 14.4. The van der Waals surface area contributed by atoms with Gasteiger partial charge in [0.05, 0.1) is 17.2 Å². The standard InChI is InChI=1S/C13H17N3O4/c1-14-7-10(16(19)20)6-12(14)13(18)15-8-2-3-9(15)5-11(17)4-8/h6-9,11,17H,2-5H2,1H3. The highest BCUT2D eigenvalue weighted by Gasteiger charge is 2.43. The maximum absolute atomic E-state index is 12.6. The summed E-state index contributed by atoms with van der Waals surface area (Å²) in [4.78, 5) is 24.7. The van der Waals surface area contributed by atoms with Gasteiger partial charge in [0.25, 0.3) is 11.6 Å². The lowest BCUT2D eigenvalue weighted by Gasteiger charge is -2.37. The molecule has 2 aliphatic rings. The van der Waals surface area contributed by atoms with Crippen LogP contribution in [0.1, 0.15) is 36.2 Å². The van der Waals surface area contributed by atoms with E-state index in [4.69, 9.17) is 0 Å². The smallest absolute Gasteiger partial charge is 0.287 e. The molecule has 2 bridgehead atoms. The monoisotopic (exact) mass is 279 g/mol. The lowest BCUT2D eigenvalue weighted by molar-refractivity contribution is -0.384. The van der Waals surface area contributed by atoms with Gasteiger partial charge in [-0.15, -0.1) is 0 Å². The maximum Gasteiger partial charge on any atom is 0.287 e. The Kier molecular flexibility index (Phi) is 3.01. The molecule has 2 fully saturated rings. The van der Waals surface area contributed by atoms with Crippen LogP contribution >= 0.6 is 0 Å². The molecule has 2 saturated heterocycles. The minimum atomic E-state index is -0.495. The average molecular weight is 279 g/mol. The molecule has 7 nitrogen and oxygen atoms in total. The first-order valence-corrected chi connectivity index (χ1v) is 6.79. The Morgan fingerprint density at radius 1 is 1.40 bits per heavy atom. The lowest BCUT2D eigenvalue weighted by Crippen LogP contribution is -2.48. The van der Waals surface area contributed by atoms with Gasteiger partial charge in [-0.3, -0.25) is 14.9 Å². The molecular weight excluding hydrogens is 262 g/mol. The van der Waals surface area contributed by atoms with Crippen molar-refractivity contribution in [3.05, 3.63) is 28.1 Å². The molecule has 0 saturated carbocycles. The van der Waals surface area contributed by atoms with E-state index in [1.807, 2.05) is 4.90 Å². The van der Waals surface area contributed by atoms with Gasteiger partial charge >= 0.3 is 0 Å². The number of nitro groups is 1. The molecule has 3 rings (SSSR count). The van der Waals surface area contributed by atoms with E-state index in [9.17, 15) is 20.0 Å². The second-order valence-corrected chi connectivity index (χ2v) is 5.67. The zero-order valence-corrected chi connectivity index (χ0v) is 11.2. The number of amides is 1. The highest BCUT2D eigenvalue weighted by molar-refractivity contribution is 5.94. The van der Waals surface area contributed by atoms with Crippen molar-refractivity contribution in [2.24, 2.45) is 7.05 Å². The summed E-state index contributed by atoms with van der Waals surface area (Å²) in [5, 5.41) is 20.5. The number of aromatic nitrogens is 1. The molecular formula is C13H17N3O4. The number of aryl methyl sites for hydroxylation is 1. The maximum atomic E-state index is 12.6. The summed E-state index contributed by atoms with van der Waals surface area (Å²) in [5.74, 6) is -0.167. The van der Waals surface area contributed by atoms with Gasteiger partial charge in [-0.1, -0.05) is 0 Å². The summed E-state index contributed by atoms with van der Waals surface area (Å²) in [6.07, 6.45) is 4.04. The van der Waals surface area contributed by atoms with Gasteiger partial charge < -0.3 is 14.6 Å². The van der Waals surface area contributed by atoms with Crippen molar-refractivity contribution < 1.29 is 14.8 Å². The van der Waals surface area contributed by atoms with Crippen LogP contribution in [-0.2, 0) is 7.05 Å². The van der Waals surface area contributed by atoms with Gasteiger partial charge in [0, 0.05) is 25.2 Å². The molecule has 1 aromatic heterocycles. The SMILES string of the molecule is Cn1cc([N+](=O)[O-])cc1C(=O)N1C2CCC1CC(O)C2. The summed E-state index contributed by atoms with van der Waals surface area (Å²) < 4.78 is 1.50. The van der Waals surface area contributed by atoms with Crippen molar-refractivity contribution in [2.45, 2.75) is 43.9 Å². The topological polar surface area (TPSA) is 88.6 Å². The van der Waals surface area contributed by atoms with Crippen LogP contribution in [0.3, 0.4) is 0 Å². The Hall–Kier alpha value is -1.89. The highest BCUT2D eigenvalue weighted by Crippen LogP contribution is 2.37. The predicted molar refractivity (Wildman–Crippen MR) is 70.3 cm³/mol. The minimum Gasteiger partial charge on any atom is -0.393 e. The van der Waals surface area contributed by atoms with Gasteiger partial charge in [0.2, 0.25) is 0 Å². The fourth-order valence-corrected chi connectivity index (χ4v) is 3.47. The highest BCUT2D eigenvalue weighted by atomic mass is 16.6. The predicted octanol–water partition coefficient (Wildman–Crippen LogP) is 1.06. The van der Waals surface area contributed by atoms with E-state index in [-0.39, 0.29) is 29.8 Å². The first kappa shape index (κ1) is 13.1. The molecule has 1 N–H and O–H groups in total. The van der Waals surface area contributed by atoms with E-state index in [2.05, 4.69) is 0 Å². The third-order valence-corrected chi connectivity index (χ3v) is 4.36. The number of carbonyl (C=O) groups is 1.